The van der Waals surface area contributed by atoms with Crippen molar-refractivity contribution in [3.8, 4) is 10.4 Å². The van der Waals surface area contributed by atoms with E-state index in [4.69, 9.17) is 17.0 Å². The van der Waals surface area contributed by atoms with Gasteiger partial charge in [-0.15, -0.1) is 11.3 Å². The second-order valence-corrected chi connectivity index (χ2v) is 8.39. The molecule has 32 heavy (non-hydrogen) atoms. The molecule has 2 heterocycles. The van der Waals surface area contributed by atoms with Gasteiger partial charge in [-0.25, -0.2) is 4.79 Å². The highest BCUT2D eigenvalue weighted by atomic mass is 32.1. The Morgan fingerprint density at radius 2 is 1.81 bits per heavy atom. The number of esters is 1. The molecule has 8 heteroatoms. The molecular weight excluding hydrogens is 440 g/mol. The number of thiophene rings is 1. The Balaban J connectivity index is 1.47. The van der Waals surface area contributed by atoms with Gasteiger partial charge in [0.05, 0.1) is 30.6 Å². The van der Waals surface area contributed by atoms with Crippen LogP contribution in [-0.2, 0) is 11.3 Å². The zero-order valence-electron chi connectivity index (χ0n) is 17.4. The number of thiocarbonyl (C=S) groups is 1. The molecule has 0 fully saturated rings. The Morgan fingerprint density at radius 3 is 2.53 bits per heavy atom. The average molecular weight is 463 g/mol. The third-order valence-electron chi connectivity index (χ3n) is 4.59. The number of nitrogens with zero attached hydrogens (tertiary/aromatic N) is 2. The predicted octanol–water partition coefficient (Wildman–Crippen LogP) is 5.65. The van der Waals surface area contributed by atoms with Gasteiger partial charge in [-0.1, -0.05) is 60.7 Å². The van der Waals surface area contributed by atoms with Crippen molar-refractivity contribution in [1.82, 2.24) is 9.78 Å². The Hall–Kier alpha value is -3.49. The van der Waals surface area contributed by atoms with E-state index in [1.54, 1.807) is 13.1 Å². The molecule has 0 spiro atoms. The van der Waals surface area contributed by atoms with Gasteiger partial charge in [-0.3, -0.25) is 4.68 Å². The number of carbonyl (C=O) groups excluding carboxylic acids is 1. The van der Waals surface area contributed by atoms with E-state index in [1.165, 1.54) is 11.3 Å². The van der Waals surface area contributed by atoms with Crippen molar-refractivity contribution < 1.29 is 9.53 Å². The maximum Gasteiger partial charge on any atom is 0.341 e. The minimum atomic E-state index is -0.382. The van der Waals surface area contributed by atoms with Crippen LogP contribution in [0, 0.1) is 0 Å². The second-order valence-electron chi connectivity index (χ2n) is 6.93. The molecule has 4 rings (SSSR count). The van der Waals surface area contributed by atoms with Gasteiger partial charge >= 0.3 is 5.97 Å². The number of rotatable bonds is 7. The summed E-state index contributed by atoms with van der Waals surface area (Å²) in [6.45, 7) is 2.76. The zero-order valence-corrected chi connectivity index (χ0v) is 19.1. The summed E-state index contributed by atoms with van der Waals surface area (Å²) < 4.78 is 7.06. The Bertz CT molecular complexity index is 1200. The molecule has 0 saturated heterocycles. The number of carbonyl (C=O) groups is 1. The molecule has 0 aliphatic heterocycles. The van der Waals surface area contributed by atoms with Gasteiger partial charge in [0, 0.05) is 11.1 Å². The van der Waals surface area contributed by atoms with E-state index >= 15 is 0 Å². The number of nitrogens with one attached hydrogen (secondary N) is 2. The van der Waals surface area contributed by atoms with Crippen molar-refractivity contribution in [3.63, 3.8) is 0 Å². The van der Waals surface area contributed by atoms with Crippen LogP contribution in [0.4, 0.5) is 10.7 Å². The number of aromatic nitrogens is 2. The molecule has 0 unspecified atom stereocenters. The van der Waals surface area contributed by atoms with Crippen molar-refractivity contribution in [2.45, 2.75) is 13.5 Å². The highest BCUT2D eigenvalue weighted by Gasteiger charge is 2.19. The summed E-state index contributed by atoms with van der Waals surface area (Å²) in [4.78, 5) is 13.4. The summed E-state index contributed by atoms with van der Waals surface area (Å²) in [6.07, 6.45) is 3.60. The molecule has 2 aromatic heterocycles. The molecule has 2 aromatic carbocycles. The third-order valence-corrected chi connectivity index (χ3v) is 5.89. The summed E-state index contributed by atoms with van der Waals surface area (Å²) in [5.74, 6) is -0.382. The largest absolute Gasteiger partial charge is 0.462 e. The van der Waals surface area contributed by atoms with Gasteiger partial charge in [0.1, 0.15) is 5.00 Å². The first kappa shape index (κ1) is 21.7. The molecule has 0 saturated carbocycles. The third kappa shape index (κ3) is 5.40. The molecule has 162 valence electrons. The van der Waals surface area contributed by atoms with Gasteiger partial charge in [0.15, 0.2) is 5.11 Å². The van der Waals surface area contributed by atoms with E-state index in [9.17, 15) is 4.79 Å². The van der Waals surface area contributed by atoms with Crippen LogP contribution in [-0.4, -0.2) is 27.5 Å². The van der Waals surface area contributed by atoms with Crippen LogP contribution in [0.15, 0.2) is 79.1 Å². The topological polar surface area (TPSA) is 68.2 Å². The van der Waals surface area contributed by atoms with Gasteiger partial charge < -0.3 is 15.4 Å². The number of hydrogen-bond acceptors (Lipinski definition) is 5. The highest BCUT2D eigenvalue weighted by molar-refractivity contribution is 7.80. The number of ether oxygens (including phenoxy) is 1. The van der Waals surface area contributed by atoms with E-state index in [-0.39, 0.29) is 5.97 Å². The summed E-state index contributed by atoms with van der Waals surface area (Å²) >= 11 is 6.94. The van der Waals surface area contributed by atoms with Crippen LogP contribution in [0.2, 0.25) is 0 Å². The van der Waals surface area contributed by atoms with Crippen LogP contribution in [0.25, 0.3) is 10.4 Å². The van der Waals surface area contributed by atoms with Gasteiger partial charge in [0.2, 0.25) is 0 Å². The van der Waals surface area contributed by atoms with Crippen LogP contribution in [0.5, 0.6) is 0 Å². The van der Waals surface area contributed by atoms with Gasteiger partial charge in [0.25, 0.3) is 0 Å². The van der Waals surface area contributed by atoms with E-state index < -0.39 is 0 Å². The molecule has 0 bridgehead atoms. The maximum absolute atomic E-state index is 12.5. The number of anilines is 2. The number of hydrogen-bond donors (Lipinski definition) is 2. The lowest BCUT2D eigenvalue weighted by Gasteiger charge is -2.09. The Kier molecular flexibility index (Phi) is 6.94. The average Bonchev–Trinajstić information content (AvgIpc) is 3.42. The number of benzene rings is 2. The minimum Gasteiger partial charge on any atom is -0.462 e. The lowest BCUT2D eigenvalue weighted by atomic mass is 10.1. The van der Waals surface area contributed by atoms with Crippen molar-refractivity contribution in [2.75, 3.05) is 17.2 Å². The van der Waals surface area contributed by atoms with Crippen LogP contribution in [0.3, 0.4) is 0 Å². The second kappa shape index (κ2) is 10.2. The SMILES string of the molecule is CCOC(=O)c1cc(-c2ccccc2)sc1NC(=S)Nc1cnn(Cc2ccccc2)c1. The Morgan fingerprint density at radius 1 is 1.09 bits per heavy atom. The van der Waals surface area contributed by atoms with Crippen LogP contribution >= 0.6 is 23.6 Å². The lowest BCUT2D eigenvalue weighted by molar-refractivity contribution is 0.0528. The fraction of sp³-hybridized carbons (Fsp3) is 0.125. The van der Waals surface area contributed by atoms with Crippen molar-refractivity contribution in [1.29, 1.82) is 0 Å². The fourth-order valence-electron chi connectivity index (χ4n) is 3.14. The van der Waals surface area contributed by atoms with Crippen LogP contribution < -0.4 is 10.6 Å². The molecule has 0 amide bonds. The normalized spacial score (nSPS) is 10.5. The molecule has 4 aromatic rings. The van der Waals surface area contributed by atoms with Crippen molar-refractivity contribution >= 4 is 45.3 Å². The van der Waals surface area contributed by atoms with E-state index in [2.05, 4.69) is 27.9 Å². The Labute approximate surface area is 195 Å². The predicted molar refractivity (Wildman–Crippen MR) is 133 cm³/mol. The monoisotopic (exact) mass is 462 g/mol. The van der Waals surface area contributed by atoms with Gasteiger partial charge in [-0.2, -0.15) is 5.10 Å². The summed E-state index contributed by atoms with van der Waals surface area (Å²) in [5.41, 5.74) is 3.40. The highest BCUT2D eigenvalue weighted by Crippen LogP contribution is 2.36. The van der Waals surface area contributed by atoms with E-state index in [1.807, 2.05) is 65.5 Å². The molecule has 6 nitrogen and oxygen atoms in total. The van der Waals surface area contributed by atoms with Crippen molar-refractivity contribution in [3.05, 3.63) is 90.3 Å². The molecule has 0 radical (unpaired) electrons. The molecule has 0 aliphatic rings. The summed E-state index contributed by atoms with van der Waals surface area (Å²) in [5, 5.41) is 11.7. The minimum absolute atomic E-state index is 0.304. The van der Waals surface area contributed by atoms with Gasteiger partial charge in [-0.05, 0) is 36.3 Å². The zero-order chi connectivity index (χ0) is 22.3. The summed E-state index contributed by atoms with van der Waals surface area (Å²) in [7, 11) is 0. The molecule has 2 N–H and O–H groups in total. The first-order valence-corrected chi connectivity index (χ1v) is 11.4. The van der Waals surface area contributed by atoms with E-state index in [0.717, 1.165) is 21.7 Å². The smallest absolute Gasteiger partial charge is 0.341 e. The fourth-order valence-corrected chi connectivity index (χ4v) is 4.48. The van der Waals surface area contributed by atoms with Crippen LogP contribution in [0.1, 0.15) is 22.8 Å². The molecule has 0 aliphatic carbocycles. The first-order valence-electron chi connectivity index (χ1n) is 10.1. The lowest BCUT2D eigenvalue weighted by Crippen LogP contribution is -2.19. The summed E-state index contributed by atoms with van der Waals surface area (Å²) in [6, 6.07) is 21.8. The quantitative estimate of drug-likeness (QED) is 0.273. The van der Waals surface area contributed by atoms with Crippen molar-refractivity contribution in [2.24, 2.45) is 0 Å². The first-order chi connectivity index (χ1) is 15.6. The standard InChI is InChI=1S/C24H22N4O2S2/c1-2-30-23(29)20-13-21(18-11-7-4-8-12-18)32-22(20)27-24(31)26-19-14-25-28(16-19)15-17-9-5-3-6-10-17/h3-14,16H,2,15H2,1H3,(H2,26,27,31). The maximum atomic E-state index is 12.5. The molecular formula is C24H22N4O2S2. The molecule has 0 atom stereocenters. The van der Waals surface area contributed by atoms with E-state index in [0.29, 0.717) is 28.8 Å².